The Balaban J connectivity index is 1.72. The van der Waals surface area contributed by atoms with Crippen molar-refractivity contribution in [2.45, 2.75) is 18.7 Å². The monoisotopic (exact) mass is 496 g/mol. The lowest BCUT2D eigenvalue weighted by molar-refractivity contribution is 0.0730. The second-order valence-electron chi connectivity index (χ2n) is 6.93. The van der Waals surface area contributed by atoms with Gasteiger partial charge >= 0.3 is 0 Å². The van der Waals surface area contributed by atoms with Crippen molar-refractivity contribution in [1.82, 2.24) is 8.98 Å². The Morgan fingerprint density at radius 3 is 2.65 bits per heavy atom. The number of aryl methyl sites for hydroxylation is 2. The number of nitrogens with zero attached hydrogens (tertiary/aromatic N) is 4. The average Bonchev–Trinajstić information content (AvgIpc) is 3.33. The number of hydrogen-bond donors (Lipinski definition) is 0. The van der Waals surface area contributed by atoms with E-state index in [4.69, 9.17) is 16.3 Å². The molecule has 31 heavy (non-hydrogen) atoms. The van der Waals surface area contributed by atoms with Gasteiger partial charge < -0.3 is 4.74 Å². The molecule has 2 aromatic heterocycles. The summed E-state index contributed by atoms with van der Waals surface area (Å²) in [4.78, 5) is 6.47. The van der Waals surface area contributed by atoms with Gasteiger partial charge in [0, 0.05) is 18.5 Å². The third-order valence-electron chi connectivity index (χ3n) is 4.78. The van der Waals surface area contributed by atoms with Crippen molar-refractivity contribution >= 4 is 56.2 Å². The predicted octanol–water partition coefficient (Wildman–Crippen LogP) is 4.02. The first kappa shape index (κ1) is 22.4. The number of morpholine rings is 1. The summed E-state index contributed by atoms with van der Waals surface area (Å²) in [6.07, 6.45) is 1.81. The third-order valence-corrected chi connectivity index (χ3v) is 8.89. The van der Waals surface area contributed by atoms with Crippen molar-refractivity contribution in [3.63, 3.8) is 0 Å². The van der Waals surface area contributed by atoms with Crippen LogP contribution in [0.25, 0.3) is 0 Å². The molecule has 1 aliphatic rings. The van der Waals surface area contributed by atoms with E-state index in [-0.39, 0.29) is 4.90 Å². The standard InChI is InChI=1S/C20H21ClN4O3S3/c1-14-5-10-29-19(14)12-22-25-15(2)13-30-20(25)23-18-11-16(3-4-17(18)21)31(26,27)24-6-8-28-9-7-24/h3-5,10-13H,6-9H2,1-2H3/b22-12-,23-20?. The number of halogens is 1. The van der Waals surface area contributed by atoms with E-state index in [1.165, 1.54) is 27.8 Å². The molecule has 164 valence electrons. The minimum Gasteiger partial charge on any atom is -0.379 e. The number of benzene rings is 1. The Hall–Kier alpha value is -1.82. The highest BCUT2D eigenvalue weighted by atomic mass is 35.5. The summed E-state index contributed by atoms with van der Waals surface area (Å²) in [5.41, 5.74) is 2.46. The molecule has 4 rings (SSSR count). The van der Waals surface area contributed by atoms with Crippen molar-refractivity contribution in [3.05, 3.63) is 61.0 Å². The normalized spacial score (nSPS) is 16.4. The van der Waals surface area contributed by atoms with Crippen LogP contribution in [0, 0.1) is 13.8 Å². The van der Waals surface area contributed by atoms with E-state index in [0.29, 0.717) is 41.8 Å². The van der Waals surface area contributed by atoms with E-state index in [1.807, 2.05) is 30.7 Å². The van der Waals surface area contributed by atoms with Crippen LogP contribution in [0.15, 0.2) is 50.0 Å². The highest BCUT2D eigenvalue weighted by Gasteiger charge is 2.26. The second kappa shape index (κ2) is 9.35. The van der Waals surface area contributed by atoms with E-state index in [2.05, 4.69) is 10.1 Å². The first-order valence-corrected chi connectivity index (χ1v) is 13.1. The molecule has 1 saturated heterocycles. The van der Waals surface area contributed by atoms with Crippen LogP contribution in [0.5, 0.6) is 0 Å². The minimum absolute atomic E-state index is 0.162. The Labute approximate surface area is 194 Å². The molecule has 0 unspecified atom stereocenters. The fraction of sp³-hybridized carbons (Fsp3) is 0.300. The first-order chi connectivity index (χ1) is 14.9. The van der Waals surface area contributed by atoms with Gasteiger partial charge in [-0.15, -0.1) is 22.7 Å². The van der Waals surface area contributed by atoms with Crippen molar-refractivity contribution in [2.75, 3.05) is 26.3 Å². The number of rotatable bonds is 5. The van der Waals surface area contributed by atoms with Crippen LogP contribution >= 0.6 is 34.3 Å². The molecule has 0 N–H and O–H groups in total. The molecule has 0 spiro atoms. The van der Waals surface area contributed by atoms with Gasteiger partial charge in [-0.25, -0.2) is 18.1 Å². The second-order valence-corrected chi connectivity index (χ2v) is 11.1. The van der Waals surface area contributed by atoms with Crippen molar-refractivity contribution in [1.29, 1.82) is 0 Å². The molecule has 0 radical (unpaired) electrons. The predicted molar refractivity (Wildman–Crippen MR) is 125 cm³/mol. The third kappa shape index (κ3) is 4.84. The number of thiazole rings is 1. The van der Waals surface area contributed by atoms with E-state index < -0.39 is 10.0 Å². The minimum atomic E-state index is -3.64. The smallest absolute Gasteiger partial charge is 0.243 e. The number of thiophene rings is 1. The number of hydrogen-bond acceptors (Lipinski definition) is 7. The molecule has 0 amide bonds. The lowest BCUT2D eigenvalue weighted by Gasteiger charge is -2.26. The molecular formula is C20H21ClN4O3S3. The summed E-state index contributed by atoms with van der Waals surface area (Å²) in [5, 5.41) is 8.91. The van der Waals surface area contributed by atoms with Gasteiger partial charge in [0.2, 0.25) is 14.8 Å². The molecule has 0 aliphatic carbocycles. The number of aromatic nitrogens is 1. The fourth-order valence-electron chi connectivity index (χ4n) is 3.01. The molecule has 0 bridgehead atoms. The average molecular weight is 497 g/mol. The van der Waals surface area contributed by atoms with Crippen molar-refractivity contribution in [2.24, 2.45) is 10.1 Å². The number of sulfonamides is 1. The van der Waals surface area contributed by atoms with Crippen LogP contribution in [0.2, 0.25) is 5.02 Å². The molecule has 0 atom stereocenters. The van der Waals surface area contributed by atoms with E-state index in [0.717, 1.165) is 16.1 Å². The van der Waals surface area contributed by atoms with Crippen LogP contribution in [0.1, 0.15) is 16.1 Å². The molecule has 11 heteroatoms. The van der Waals surface area contributed by atoms with Crippen molar-refractivity contribution in [3.8, 4) is 0 Å². The van der Waals surface area contributed by atoms with Gasteiger partial charge in [0.15, 0.2) is 0 Å². The zero-order valence-corrected chi connectivity index (χ0v) is 20.2. The first-order valence-electron chi connectivity index (χ1n) is 9.54. The number of ether oxygens (including phenoxy) is 1. The molecule has 1 fully saturated rings. The zero-order valence-electron chi connectivity index (χ0n) is 17.0. The van der Waals surface area contributed by atoms with E-state index in [1.54, 1.807) is 28.3 Å². The van der Waals surface area contributed by atoms with Gasteiger partial charge in [-0.2, -0.15) is 9.41 Å². The molecule has 0 saturated carbocycles. The Bertz CT molecular complexity index is 1280. The lowest BCUT2D eigenvalue weighted by Crippen LogP contribution is -2.40. The molecule has 1 aromatic carbocycles. The Morgan fingerprint density at radius 2 is 1.94 bits per heavy atom. The molecule has 3 heterocycles. The van der Waals surface area contributed by atoms with Crippen LogP contribution in [-0.2, 0) is 14.8 Å². The summed E-state index contributed by atoms with van der Waals surface area (Å²) < 4.78 is 34.4. The molecular weight excluding hydrogens is 476 g/mol. The summed E-state index contributed by atoms with van der Waals surface area (Å²) >= 11 is 9.39. The molecule has 3 aromatic rings. The maximum absolute atomic E-state index is 13.0. The van der Waals surface area contributed by atoms with E-state index >= 15 is 0 Å². The van der Waals surface area contributed by atoms with Crippen LogP contribution in [0.3, 0.4) is 0 Å². The maximum Gasteiger partial charge on any atom is 0.243 e. The Kier molecular flexibility index (Phi) is 6.75. The summed E-state index contributed by atoms with van der Waals surface area (Å²) in [6, 6.07) is 6.64. The highest BCUT2D eigenvalue weighted by Crippen LogP contribution is 2.29. The zero-order chi connectivity index (χ0) is 22.0. The van der Waals surface area contributed by atoms with Crippen LogP contribution < -0.4 is 4.80 Å². The largest absolute Gasteiger partial charge is 0.379 e. The van der Waals surface area contributed by atoms with Gasteiger partial charge in [0.25, 0.3) is 0 Å². The SMILES string of the molecule is Cc1ccsc1/C=N\n1c(C)csc1=Nc1cc(S(=O)(=O)N2CCOCC2)ccc1Cl. The summed E-state index contributed by atoms with van der Waals surface area (Å²) in [7, 11) is -3.64. The van der Waals surface area contributed by atoms with Gasteiger partial charge in [-0.05, 0) is 49.1 Å². The van der Waals surface area contributed by atoms with Gasteiger partial charge in [-0.3, -0.25) is 0 Å². The maximum atomic E-state index is 13.0. The molecule has 7 nitrogen and oxygen atoms in total. The molecule has 1 aliphatic heterocycles. The topological polar surface area (TPSA) is 76.3 Å². The van der Waals surface area contributed by atoms with Crippen LogP contribution in [0.4, 0.5) is 5.69 Å². The quantitative estimate of drug-likeness (QED) is 0.500. The highest BCUT2D eigenvalue weighted by molar-refractivity contribution is 7.89. The van der Waals surface area contributed by atoms with E-state index in [9.17, 15) is 8.42 Å². The summed E-state index contributed by atoms with van der Waals surface area (Å²) in [5.74, 6) is 0. The van der Waals surface area contributed by atoms with Crippen molar-refractivity contribution < 1.29 is 13.2 Å². The van der Waals surface area contributed by atoms with Gasteiger partial charge in [0.05, 0.1) is 45.6 Å². The lowest BCUT2D eigenvalue weighted by atomic mass is 10.3. The Morgan fingerprint density at radius 1 is 1.16 bits per heavy atom. The van der Waals surface area contributed by atoms with Crippen LogP contribution in [-0.4, -0.2) is 49.9 Å². The van der Waals surface area contributed by atoms with Gasteiger partial charge in [-0.1, -0.05) is 11.6 Å². The summed E-state index contributed by atoms with van der Waals surface area (Å²) in [6.45, 7) is 5.42. The fourth-order valence-corrected chi connectivity index (χ4v) is 6.19. The van der Waals surface area contributed by atoms with Gasteiger partial charge in [0.1, 0.15) is 0 Å².